The average molecular weight is 468 g/mol. The molecule has 0 fully saturated rings. The van der Waals surface area contributed by atoms with Crippen LogP contribution in [0.2, 0.25) is 5.02 Å². The molecule has 1 aromatic heterocycles. The highest BCUT2D eigenvalue weighted by Crippen LogP contribution is 2.30. The van der Waals surface area contributed by atoms with Gasteiger partial charge < -0.3 is 14.8 Å². The van der Waals surface area contributed by atoms with Crippen molar-refractivity contribution in [2.75, 3.05) is 25.6 Å². The van der Waals surface area contributed by atoms with Crippen molar-refractivity contribution in [3.63, 3.8) is 0 Å². The normalized spacial score (nSPS) is 13.6. The van der Waals surface area contributed by atoms with E-state index in [0.717, 1.165) is 35.1 Å². The number of carbonyl (C=O) groups excluding carboxylic acids is 2. The van der Waals surface area contributed by atoms with Gasteiger partial charge in [0.15, 0.2) is 6.61 Å². The van der Waals surface area contributed by atoms with E-state index in [-0.39, 0.29) is 0 Å². The number of pyridine rings is 1. The first-order valence-corrected chi connectivity index (χ1v) is 11.2. The zero-order valence-electron chi connectivity index (χ0n) is 18.9. The van der Waals surface area contributed by atoms with Gasteiger partial charge in [0.05, 0.1) is 23.9 Å². The summed E-state index contributed by atoms with van der Waals surface area (Å²) in [6.07, 6.45) is 0.758. The topological polar surface area (TPSA) is 80.8 Å². The minimum Gasteiger partial charge on any atom is -0.495 e. The Kier molecular flexibility index (Phi) is 6.81. The third kappa shape index (κ3) is 4.94. The number of fused-ring (bicyclic) bond motifs is 2. The summed E-state index contributed by atoms with van der Waals surface area (Å²) in [7, 11) is 1.50. The first kappa shape index (κ1) is 23.0. The van der Waals surface area contributed by atoms with Crippen LogP contribution in [0.25, 0.3) is 10.9 Å². The van der Waals surface area contributed by atoms with Crippen LogP contribution in [0.3, 0.4) is 0 Å². The zero-order chi connectivity index (χ0) is 23.5. The summed E-state index contributed by atoms with van der Waals surface area (Å²) in [5.41, 5.74) is 3.41. The van der Waals surface area contributed by atoms with Crippen molar-refractivity contribution in [3.05, 3.63) is 64.3 Å². The summed E-state index contributed by atoms with van der Waals surface area (Å²) in [5, 5.41) is 3.86. The maximum atomic E-state index is 13.2. The summed E-state index contributed by atoms with van der Waals surface area (Å²) >= 11 is 6.02. The number of methoxy groups -OCH3 is 1. The number of nitrogens with zero attached hydrogens (tertiary/aromatic N) is 2. The molecule has 172 valence electrons. The summed E-state index contributed by atoms with van der Waals surface area (Å²) in [5.74, 6) is -0.564. The molecule has 2 heterocycles. The molecule has 3 aromatic rings. The van der Waals surface area contributed by atoms with Gasteiger partial charge in [-0.05, 0) is 38.1 Å². The van der Waals surface area contributed by atoms with E-state index in [4.69, 9.17) is 26.1 Å². The van der Waals surface area contributed by atoms with E-state index in [2.05, 4.69) is 24.1 Å². The van der Waals surface area contributed by atoms with Gasteiger partial charge in [-0.15, -0.1) is 0 Å². The van der Waals surface area contributed by atoms with Crippen molar-refractivity contribution in [1.82, 2.24) is 9.88 Å². The van der Waals surface area contributed by atoms with Crippen LogP contribution in [0.5, 0.6) is 5.75 Å². The first-order chi connectivity index (χ1) is 15.9. The smallest absolute Gasteiger partial charge is 0.339 e. The lowest BCUT2D eigenvalue weighted by atomic mass is 9.95. The van der Waals surface area contributed by atoms with Crippen LogP contribution < -0.4 is 10.1 Å². The fourth-order valence-corrected chi connectivity index (χ4v) is 4.22. The average Bonchev–Trinajstić information content (AvgIpc) is 2.80. The minimum atomic E-state index is -0.538. The standard InChI is InChI=1S/C25H26ClN3O4/c1-15(2)29-11-10-20-18(13-29)24(17-6-4-5-7-19(17)27-20)25(31)33-14-23(30)28-21-12-16(26)8-9-22(21)32-3/h4-9,12,15H,10-11,13-14H2,1-3H3,(H,28,30). The van der Waals surface area contributed by atoms with E-state index in [1.807, 2.05) is 24.3 Å². The Hall–Kier alpha value is -3.16. The second kappa shape index (κ2) is 9.77. The molecule has 0 atom stereocenters. The Morgan fingerprint density at radius 3 is 2.76 bits per heavy atom. The summed E-state index contributed by atoms with van der Waals surface area (Å²) in [4.78, 5) is 32.9. The van der Waals surface area contributed by atoms with E-state index >= 15 is 0 Å². The molecule has 33 heavy (non-hydrogen) atoms. The van der Waals surface area contributed by atoms with Crippen molar-refractivity contribution in [2.24, 2.45) is 0 Å². The molecule has 0 saturated heterocycles. The number of ether oxygens (including phenoxy) is 2. The van der Waals surface area contributed by atoms with Crippen molar-refractivity contribution in [1.29, 1.82) is 0 Å². The van der Waals surface area contributed by atoms with Crippen molar-refractivity contribution in [3.8, 4) is 5.75 Å². The van der Waals surface area contributed by atoms with E-state index in [9.17, 15) is 9.59 Å². The van der Waals surface area contributed by atoms with E-state index in [0.29, 0.717) is 34.6 Å². The molecular weight excluding hydrogens is 442 g/mol. The van der Waals surface area contributed by atoms with Gasteiger partial charge >= 0.3 is 5.97 Å². The highest BCUT2D eigenvalue weighted by atomic mass is 35.5. The van der Waals surface area contributed by atoms with Gasteiger partial charge in [-0.25, -0.2) is 4.79 Å². The predicted octanol–water partition coefficient (Wildman–Crippen LogP) is 4.46. The molecule has 7 nitrogen and oxygen atoms in total. The maximum Gasteiger partial charge on any atom is 0.339 e. The Morgan fingerprint density at radius 1 is 1.21 bits per heavy atom. The first-order valence-electron chi connectivity index (χ1n) is 10.8. The molecule has 2 aromatic carbocycles. The number of rotatable bonds is 6. The van der Waals surface area contributed by atoms with E-state index in [1.165, 1.54) is 7.11 Å². The van der Waals surface area contributed by atoms with Gasteiger partial charge in [0.1, 0.15) is 5.75 Å². The lowest BCUT2D eigenvalue weighted by Gasteiger charge is -2.32. The quantitative estimate of drug-likeness (QED) is 0.539. The lowest BCUT2D eigenvalue weighted by molar-refractivity contribution is -0.119. The minimum absolute atomic E-state index is 0.340. The lowest BCUT2D eigenvalue weighted by Crippen LogP contribution is -2.37. The number of amides is 1. The number of hydrogen-bond acceptors (Lipinski definition) is 6. The van der Waals surface area contributed by atoms with Gasteiger partial charge in [-0.1, -0.05) is 29.8 Å². The second-order valence-corrected chi connectivity index (χ2v) is 8.65. The van der Waals surface area contributed by atoms with Gasteiger partial charge in [0.25, 0.3) is 5.91 Å². The van der Waals surface area contributed by atoms with Crippen molar-refractivity contribution >= 4 is 40.1 Å². The second-order valence-electron chi connectivity index (χ2n) is 8.21. The zero-order valence-corrected chi connectivity index (χ0v) is 19.6. The highest BCUT2D eigenvalue weighted by Gasteiger charge is 2.28. The molecule has 1 N–H and O–H groups in total. The maximum absolute atomic E-state index is 13.2. The molecule has 0 unspecified atom stereocenters. The van der Waals surface area contributed by atoms with Crippen LogP contribution in [-0.4, -0.2) is 48.1 Å². The third-order valence-electron chi connectivity index (χ3n) is 5.78. The van der Waals surface area contributed by atoms with Crippen LogP contribution in [0.4, 0.5) is 5.69 Å². The molecule has 1 aliphatic heterocycles. The molecule has 0 saturated carbocycles. The van der Waals surface area contributed by atoms with Gasteiger partial charge in [0.2, 0.25) is 0 Å². The summed E-state index contributed by atoms with van der Waals surface area (Å²) in [6, 6.07) is 12.7. The largest absolute Gasteiger partial charge is 0.495 e. The number of halogens is 1. The van der Waals surface area contributed by atoms with Crippen LogP contribution in [0.1, 0.15) is 35.5 Å². The van der Waals surface area contributed by atoms with Crippen LogP contribution in [-0.2, 0) is 22.5 Å². The number of carbonyl (C=O) groups is 2. The third-order valence-corrected chi connectivity index (χ3v) is 6.02. The molecule has 0 radical (unpaired) electrons. The highest BCUT2D eigenvalue weighted by molar-refractivity contribution is 6.31. The Balaban J connectivity index is 1.58. The van der Waals surface area contributed by atoms with Crippen LogP contribution in [0, 0.1) is 0 Å². The monoisotopic (exact) mass is 467 g/mol. The van der Waals surface area contributed by atoms with Gasteiger partial charge in [-0.3, -0.25) is 14.7 Å². The Morgan fingerprint density at radius 2 is 2.00 bits per heavy atom. The summed E-state index contributed by atoms with van der Waals surface area (Å²) in [6.45, 7) is 5.32. The summed E-state index contributed by atoms with van der Waals surface area (Å²) < 4.78 is 10.7. The molecule has 0 spiro atoms. The number of anilines is 1. The number of benzene rings is 2. The Labute approximate surface area is 197 Å². The SMILES string of the molecule is COc1ccc(Cl)cc1NC(=O)COC(=O)c1c2c(nc3ccccc13)CCN(C(C)C)C2. The Bertz CT molecular complexity index is 1210. The van der Waals surface area contributed by atoms with Crippen LogP contribution >= 0.6 is 11.6 Å². The predicted molar refractivity (Wildman–Crippen MR) is 128 cm³/mol. The molecule has 4 rings (SSSR count). The molecule has 8 heteroatoms. The molecule has 1 aliphatic rings. The van der Waals surface area contributed by atoms with E-state index in [1.54, 1.807) is 18.2 Å². The molecule has 0 bridgehead atoms. The van der Waals surface area contributed by atoms with Gasteiger partial charge in [0, 0.05) is 47.2 Å². The molecular formula is C25H26ClN3O4. The van der Waals surface area contributed by atoms with Crippen molar-refractivity contribution < 1.29 is 19.1 Å². The number of hydrogen-bond donors (Lipinski definition) is 1. The van der Waals surface area contributed by atoms with E-state index < -0.39 is 18.5 Å². The van der Waals surface area contributed by atoms with Crippen molar-refractivity contribution in [2.45, 2.75) is 32.9 Å². The molecule has 0 aliphatic carbocycles. The number of para-hydroxylation sites is 1. The molecule has 1 amide bonds. The number of aromatic nitrogens is 1. The number of esters is 1. The fraction of sp³-hybridized carbons (Fsp3) is 0.320. The number of nitrogens with one attached hydrogen (secondary N) is 1. The fourth-order valence-electron chi connectivity index (χ4n) is 4.05. The van der Waals surface area contributed by atoms with Gasteiger partial charge in [-0.2, -0.15) is 0 Å². The van der Waals surface area contributed by atoms with Crippen LogP contribution in [0.15, 0.2) is 42.5 Å².